The van der Waals surface area contributed by atoms with E-state index in [1.165, 1.54) is 6.33 Å². The fourth-order valence-electron chi connectivity index (χ4n) is 4.83. The van der Waals surface area contributed by atoms with Gasteiger partial charge in [0.2, 0.25) is 0 Å². The summed E-state index contributed by atoms with van der Waals surface area (Å²) in [5.41, 5.74) is 2.73. The highest BCUT2D eigenvalue weighted by atomic mass is 32.2. The quantitative estimate of drug-likeness (QED) is 0.212. The van der Waals surface area contributed by atoms with Gasteiger partial charge in [-0.1, -0.05) is 32.5 Å². The lowest BCUT2D eigenvalue weighted by molar-refractivity contribution is 0.0899. The smallest absolute Gasteiger partial charge is 0.145 e. The lowest BCUT2D eigenvalue weighted by Crippen LogP contribution is -2.22. The number of aromatic nitrogens is 5. The van der Waals surface area contributed by atoms with Crippen LogP contribution in [0.25, 0.3) is 22.3 Å². The summed E-state index contributed by atoms with van der Waals surface area (Å²) in [6.45, 7) is 8.12. The summed E-state index contributed by atoms with van der Waals surface area (Å²) in [5.74, 6) is 0.381. The summed E-state index contributed by atoms with van der Waals surface area (Å²) >= 11 is -2.42. The Morgan fingerprint density at radius 2 is 2.11 bits per heavy atom. The topological polar surface area (TPSA) is 134 Å². The van der Waals surface area contributed by atoms with Crippen molar-refractivity contribution in [3.63, 3.8) is 0 Å². The molecule has 0 radical (unpaired) electrons. The average Bonchev–Trinajstić information content (AvgIpc) is 3.58. The molecule has 0 amide bonds. The lowest BCUT2D eigenvalue weighted by Gasteiger charge is -2.21. The van der Waals surface area contributed by atoms with E-state index >= 15 is 0 Å². The third-order valence-corrected chi connectivity index (χ3v) is 8.87. The van der Waals surface area contributed by atoms with Gasteiger partial charge in [0, 0.05) is 49.3 Å². The number of ether oxygens (including phenoxy) is 1. The number of fused-ring (bicyclic) bond motifs is 1. The summed E-state index contributed by atoms with van der Waals surface area (Å²) in [4.78, 5) is 9.05. The van der Waals surface area contributed by atoms with Crippen molar-refractivity contribution in [2.24, 2.45) is 5.92 Å². The molecule has 10 nitrogen and oxygen atoms in total. The van der Waals surface area contributed by atoms with Gasteiger partial charge in [0.25, 0.3) is 0 Å². The Labute approximate surface area is 215 Å². The molecule has 0 saturated heterocycles. The maximum absolute atomic E-state index is 11.2. The minimum absolute atomic E-state index is 0.0361. The van der Waals surface area contributed by atoms with Crippen molar-refractivity contribution in [3.8, 4) is 17.3 Å². The summed E-state index contributed by atoms with van der Waals surface area (Å²) < 4.78 is 34.7. The zero-order valence-corrected chi connectivity index (χ0v) is 23.0. The van der Waals surface area contributed by atoms with Crippen molar-refractivity contribution in [2.45, 2.75) is 77.1 Å². The fourth-order valence-corrected chi connectivity index (χ4v) is 5.84. The predicted octanol–water partition coefficient (Wildman–Crippen LogP) is 4.14. The molecule has 4 rings (SSSR count). The normalized spacial score (nSPS) is 16.4. The standard InChI is InChI=1S/C24H35N7O3SSi/c1-36(2,3)13-12-34-17-30-11-9-19-23(26-16-27-24(19)30)20-15-31(29-21(20)14-28-35(32)33)22(8-10-25)18-6-4-5-7-18/h9,11,15-16,18,22,28H,4-8,12-14,17H2,1-3H3,(H,32,33)/p-1. The van der Waals surface area contributed by atoms with Crippen LogP contribution in [0.2, 0.25) is 25.7 Å². The largest absolute Gasteiger partial charge is 0.760 e. The highest BCUT2D eigenvalue weighted by molar-refractivity contribution is 7.77. The number of nitrogens with one attached hydrogen (secondary N) is 1. The van der Waals surface area contributed by atoms with Crippen molar-refractivity contribution in [1.82, 2.24) is 29.0 Å². The molecule has 194 valence electrons. The molecule has 1 aliphatic rings. The highest BCUT2D eigenvalue weighted by Gasteiger charge is 2.28. The zero-order chi connectivity index (χ0) is 25.7. The van der Waals surface area contributed by atoms with E-state index in [1.54, 1.807) is 0 Å². The van der Waals surface area contributed by atoms with Crippen molar-refractivity contribution in [1.29, 1.82) is 5.26 Å². The van der Waals surface area contributed by atoms with E-state index < -0.39 is 19.3 Å². The number of rotatable bonds is 12. The molecule has 1 N–H and O–H groups in total. The molecule has 3 aromatic rings. The van der Waals surface area contributed by atoms with Gasteiger partial charge in [-0.05, 0) is 30.9 Å². The van der Waals surface area contributed by atoms with Crippen LogP contribution < -0.4 is 4.72 Å². The van der Waals surface area contributed by atoms with Crippen LogP contribution in [0.1, 0.15) is 43.8 Å². The number of nitrogens with zero attached hydrogens (tertiary/aromatic N) is 6. The molecule has 12 heteroatoms. The van der Waals surface area contributed by atoms with Gasteiger partial charge in [-0.2, -0.15) is 10.4 Å². The van der Waals surface area contributed by atoms with Crippen molar-refractivity contribution in [3.05, 3.63) is 30.5 Å². The number of hydrogen-bond donors (Lipinski definition) is 1. The first-order valence-corrected chi connectivity index (χ1v) is 17.2. The Balaban J connectivity index is 1.66. The molecule has 1 aliphatic carbocycles. The van der Waals surface area contributed by atoms with Crippen LogP contribution in [0.4, 0.5) is 0 Å². The van der Waals surface area contributed by atoms with Crippen LogP contribution in [0.15, 0.2) is 24.8 Å². The Morgan fingerprint density at radius 1 is 1.33 bits per heavy atom. The van der Waals surface area contributed by atoms with Crippen molar-refractivity contribution >= 4 is 30.4 Å². The van der Waals surface area contributed by atoms with Crippen LogP contribution in [0, 0.1) is 17.2 Å². The molecule has 0 bridgehead atoms. The van der Waals surface area contributed by atoms with Crippen LogP contribution in [0.5, 0.6) is 0 Å². The number of hydrogen-bond acceptors (Lipinski definition) is 7. The minimum Gasteiger partial charge on any atom is -0.760 e. The van der Waals surface area contributed by atoms with Crippen molar-refractivity contribution < 1.29 is 13.5 Å². The first-order chi connectivity index (χ1) is 17.3. The molecule has 3 heterocycles. The molecule has 0 spiro atoms. The molecule has 36 heavy (non-hydrogen) atoms. The summed E-state index contributed by atoms with van der Waals surface area (Å²) in [5, 5.41) is 15.1. The van der Waals surface area contributed by atoms with E-state index in [4.69, 9.17) is 9.84 Å². The van der Waals surface area contributed by atoms with Gasteiger partial charge >= 0.3 is 0 Å². The minimum atomic E-state index is -2.42. The Morgan fingerprint density at radius 3 is 2.81 bits per heavy atom. The van der Waals surface area contributed by atoms with Crippen LogP contribution in [0.3, 0.4) is 0 Å². The third-order valence-electron chi connectivity index (χ3n) is 6.79. The first kappa shape index (κ1) is 26.6. The van der Waals surface area contributed by atoms with Gasteiger partial charge in [0.15, 0.2) is 0 Å². The molecule has 0 aliphatic heterocycles. The maximum atomic E-state index is 11.2. The maximum Gasteiger partial charge on any atom is 0.145 e. The SMILES string of the molecule is C[Si](C)(C)CCOCn1ccc2c(-c3cn(C(CC#N)C4CCCC4)nc3CNS(=O)[O-])ncnc21. The van der Waals surface area contributed by atoms with E-state index in [-0.39, 0.29) is 12.6 Å². The molecular formula is C24H34N7O3SSi-. The van der Waals surface area contributed by atoms with Gasteiger partial charge in [-0.3, -0.25) is 8.89 Å². The van der Waals surface area contributed by atoms with E-state index in [0.717, 1.165) is 48.3 Å². The van der Waals surface area contributed by atoms with Crippen LogP contribution in [-0.4, -0.2) is 47.8 Å². The van der Waals surface area contributed by atoms with Gasteiger partial charge in [-0.15, -0.1) is 0 Å². The molecule has 1 fully saturated rings. The highest BCUT2D eigenvalue weighted by Crippen LogP contribution is 2.37. The summed E-state index contributed by atoms with van der Waals surface area (Å²) in [7, 11) is -1.17. The second-order valence-corrected chi connectivity index (χ2v) is 17.0. The van der Waals surface area contributed by atoms with E-state index in [9.17, 15) is 14.0 Å². The molecule has 2 atom stereocenters. The van der Waals surface area contributed by atoms with E-state index in [0.29, 0.717) is 37.1 Å². The summed E-state index contributed by atoms with van der Waals surface area (Å²) in [6, 6.07) is 5.31. The van der Waals surface area contributed by atoms with Crippen molar-refractivity contribution in [2.75, 3.05) is 6.61 Å². The molecular weight excluding hydrogens is 494 g/mol. The van der Waals surface area contributed by atoms with Gasteiger partial charge < -0.3 is 13.9 Å². The second-order valence-electron chi connectivity index (χ2n) is 10.6. The molecule has 1 saturated carbocycles. The third kappa shape index (κ3) is 6.46. The Kier molecular flexibility index (Phi) is 8.69. The monoisotopic (exact) mass is 528 g/mol. The Bertz CT molecular complexity index is 1240. The molecule has 0 aromatic carbocycles. The lowest BCUT2D eigenvalue weighted by atomic mass is 9.96. The zero-order valence-electron chi connectivity index (χ0n) is 21.1. The average molecular weight is 529 g/mol. The second kappa shape index (κ2) is 11.7. The first-order valence-electron chi connectivity index (χ1n) is 12.4. The number of nitriles is 1. The van der Waals surface area contributed by atoms with Gasteiger partial charge in [0.05, 0.1) is 36.5 Å². The van der Waals surface area contributed by atoms with Crippen LogP contribution in [-0.2, 0) is 29.3 Å². The summed E-state index contributed by atoms with van der Waals surface area (Å²) in [6.07, 6.45) is 10.2. The Hall–Kier alpha value is -2.43. The van der Waals surface area contributed by atoms with E-state index in [1.807, 2.05) is 27.7 Å². The molecule has 3 aromatic heterocycles. The van der Waals surface area contributed by atoms with Crippen LogP contribution >= 0.6 is 0 Å². The van der Waals surface area contributed by atoms with Gasteiger partial charge in [0.1, 0.15) is 18.7 Å². The van der Waals surface area contributed by atoms with E-state index in [2.05, 4.69) is 40.4 Å². The van der Waals surface area contributed by atoms with Gasteiger partial charge in [-0.25, -0.2) is 14.7 Å². The molecule has 2 unspecified atom stereocenters. The fraction of sp³-hybridized carbons (Fsp3) is 0.583. The predicted molar refractivity (Wildman–Crippen MR) is 140 cm³/mol.